The molecule has 0 amide bonds. The van der Waals surface area contributed by atoms with E-state index in [4.69, 9.17) is 4.74 Å². The zero-order chi connectivity index (χ0) is 22.8. The molecule has 1 heterocycles. The highest BCUT2D eigenvalue weighted by atomic mass is 32.2. The summed E-state index contributed by atoms with van der Waals surface area (Å²) in [5.41, 5.74) is -3.48. The van der Waals surface area contributed by atoms with Gasteiger partial charge in [0, 0.05) is 34.5 Å². The van der Waals surface area contributed by atoms with Gasteiger partial charge in [-0.25, -0.2) is 4.39 Å². The van der Waals surface area contributed by atoms with Gasteiger partial charge in [0.05, 0.1) is 18.7 Å². The SMILES string of the molecule is COc1ccc([C@H](Nc2cccc3[nH]c(=O)ccc23)[C@](O)(CSC)C(F)(F)F)c(F)c1. The first kappa shape index (κ1) is 23.0. The summed E-state index contributed by atoms with van der Waals surface area (Å²) < 4.78 is 62.0. The molecule has 5 nitrogen and oxygen atoms in total. The Kier molecular flexibility index (Phi) is 6.51. The summed E-state index contributed by atoms with van der Waals surface area (Å²) in [6, 6.07) is 8.83. The van der Waals surface area contributed by atoms with E-state index in [-0.39, 0.29) is 22.6 Å². The van der Waals surface area contributed by atoms with Crippen LogP contribution < -0.4 is 15.6 Å². The van der Waals surface area contributed by atoms with E-state index in [2.05, 4.69) is 10.3 Å². The van der Waals surface area contributed by atoms with Gasteiger partial charge in [0.1, 0.15) is 11.6 Å². The van der Waals surface area contributed by atoms with Crippen molar-refractivity contribution in [1.82, 2.24) is 4.98 Å². The van der Waals surface area contributed by atoms with Gasteiger partial charge in [0.2, 0.25) is 5.56 Å². The molecule has 2 aromatic carbocycles. The molecule has 0 saturated heterocycles. The van der Waals surface area contributed by atoms with E-state index in [0.717, 1.165) is 23.9 Å². The quantitative estimate of drug-likeness (QED) is 0.457. The van der Waals surface area contributed by atoms with Gasteiger partial charge in [0.15, 0.2) is 5.60 Å². The van der Waals surface area contributed by atoms with E-state index in [1.54, 1.807) is 6.07 Å². The second-order valence-corrected chi connectivity index (χ2v) is 7.78. The summed E-state index contributed by atoms with van der Waals surface area (Å²) in [7, 11) is 1.31. The average Bonchev–Trinajstić information content (AvgIpc) is 2.71. The van der Waals surface area contributed by atoms with Gasteiger partial charge in [-0.3, -0.25) is 4.79 Å². The fourth-order valence-corrected chi connectivity index (χ4v) is 4.11. The fourth-order valence-electron chi connectivity index (χ4n) is 3.34. The van der Waals surface area contributed by atoms with E-state index < -0.39 is 29.4 Å². The lowest BCUT2D eigenvalue weighted by Gasteiger charge is -2.38. The molecule has 0 bridgehead atoms. The molecule has 31 heavy (non-hydrogen) atoms. The van der Waals surface area contributed by atoms with Crippen molar-refractivity contribution in [1.29, 1.82) is 0 Å². The molecule has 0 spiro atoms. The Morgan fingerprint density at radius 3 is 2.55 bits per heavy atom. The Bertz CT molecular complexity index is 1140. The summed E-state index contributed by atoms with van der Waals surface area (Å²) in [4.78, 5) is 14.2. The van der Waals surface area contributed by atoms with Crippen LogP contribution in [0.5, 0.6) is 5.75 Å². The number of hydrogen-bond acceptors (Lipinski definition) is 5. The number of ether oxygens (including phenoxy) is 1. The van der Waals surface area contributed by atoms with E-state index >= 15 is 0 Å². The Labute approximate surface area is 179 Å². The molecular weight excluding hydrogens is 436 g/mol. The van der Waals surface area contributed by atoms with Crippen LogP contribution in [0.4, 0.5) is 23.2 Å². The van der Waals surface area contributed by atoms with Crippen molar-refractivity contribution in [2.45, 2.75) is 17.8 Å². The number of methoxy groups -OCH3 is 1. The summed E-state index contributed by atoms with van der Waals surface area (Å²) in [5.74, 6) is -1.57. The van der Waals surface area contributed by atoms with Crippen LogP contribution in [-0.2, 0) is 0 Å². The second-order valence-electron chi connectivity index (χ2n) is 6.91. The van der Waals surface area contributed by atoms with E-state index in [1.807, 2.05) is 0 Å². The van der Waals surface area contributed by atoms with Gasteiger partial charge < -0.3 is 20.1 Å². The highest BCUT2D eigenvalue weighted by Crippen LogP contribution is 2.45. The molecular formula is C21H20F4N2O3S. The van der Waals surface area contributed by atoms with Crippen molar-refractivity contribution in [3.8, 4) is 5.75 Å². The number of aromatic nitrogens is 1. The van der Waals surface area contributed by atoms with Crippen LogP contribution in [0.2, 0.25) is 0 Å². The Balaban J connectivity index is 2.21. The molecule has 0 fully saturated rings. The number of anilines is 1. The van der Waals surface area contributed by atoms with Crippen LogP contribution >= 0.6 is 11.8 Å². The van der Waals surface area contributed by atoms with E-state index in [0.29, 0.717) is 10.9 Å². The van der Waals surface area contributed by atoms with Crippen molar-refractivity contribution in [3.63, 3.8) is 0 Å². The summed E-state index contributed by atoms with van der Waals surface area (Å²) in [5, 5.41) is 13.9. The first-order valence-corrected chi connectivity index (χ1v) is 10.5. The van der Waals surface area contributed by atoms with Gasteiger partial charge >= 0.3 is 6.18 Å². The first-order valence-electron chi connectivity index (χ1n) is 9.11. The number of alkyl halides is 3. The molecule has 3 N–H and O–H groups in total. The standard InChI is InChI=1S/C21H20F4N2O3S/c1-30-12-6-7-13(15(22)10-12)19(20(29,11-31-2)21(23,24)25)27-17-5-3-4-16-14(17)8-9-18(28)26-16/h3-10,19,27,29H,11H2,1-2H3,(H,26,28)/t19-,20+/m0/s1. The van der Waals surface area contributed by atoms with E-state index in [1.165, 1.54) is 43.7 Å². The number of rotatable bonds is 7. The lowest BCUT2D eigenvalue weighted by molar-refractivity contribution is -0.256. The molecule has 10 heteroatoms. The third-order valence-corrected chi connectivity index (χ3v) is 5.65. The van der Waals surface area contributed by atoms with Gasteiger partial charge in [-0.2, -0.15) is 24.9 Å². The lowest BCUT2D eigenvalue weighted by Crippen LogP contribution is -2.54. The minimum Gasteiger partial charge on any atom is -0.497 e. The lowest BCUT2D eigenvalue weighted by atomic mass is 9.88. The fraction of sp³-hybridized carbons (Fsp3) is 0.286. The van der Waals surface area contributed by atoms with Gasteiger partial charge in [-0.05, 0) is 30.5 Å². The number of aromatic amines is 1. The Hall–Kier alpha value is -2.72. The van der Waals surface area contributed by atoms with Crippen molar-refractivity contribution >= 4 is 28.4 Å². The third-order valence-electron chi connectivity index (χ3n) is 4.92. The predicted octanol–water partition coefficient (Wildman–Crippen LogP) is 4.49. The van der Waals surface area contributed by atoms with Crippen LogP contribution in [0.15, 0.2) is 53.3 Å². The maximum absolute atomic E-state index is 14.9. The molecule has 0 aliphatic heterocycles. The summed E-state index contributed by atoms with van der Waals surface area (Å²) >= 11 is 0.783. The molecule has 0 aliphatic carbocycles. The third kappa shape index (κ3) is 4.49. The van der Waals surface area contributed by atoms with Crippen molar-refractivity contribution in [2.24, 2.45) is 0 Å². The summed E-state index contributed by atoms with van der Waals surface area (Å²) in [6.07, 6.45) is -3.65. The van der Waals surface area contributed by atoms with Gasteiger partial charge in [-0.1, -0.05) is 12.1 Å². The topological polar surface area (TPSA) is 74.3 Å². The Morgan fingerprint density at radius 1 is 1.19 bits per heavy atom. The smallest absolute Gasteiger partial charge is 0.420 e. The highest BCUT2D eigenvalue weighted by Gasteiger charge is 2.59. The number of halogens is 4. The average molecular weight is 456 g/mol. The monoisotopic (exact) mass is 456 g/mol. The molecule has 3 rings (SSSR count). The molecule has 2 atom stereocenters. The number of pyridine rings is 1. The predicted molar refractivity (Wildman–Crippen MR) is 113 cm³/mol. The van der Waals surface area contributed by atoms with Crippen LogP contribution in [0.25, 0.3) is 10.9 Å². The largest absolute Gasteiger partial charge is 0.497 e. The van der Waals surface area contributed by atoms with E-state index in [9.17, 15) is 27.5 Å². The first-order chi connectivity index (χ1) is 14.6. The van der Waals surface area contributed by atoms with Gasteiger partial charge in [-0.15, -0.1) is 0 Å². The molecule has 3 aromatic rings. The molecule has 1 aromatic heterocycles. The molecule has 0 saturated carbocycles. The number of H-pyrrole nitrogens is 1. The number of hydrogen-bond donors (Lipinski definition) is 3. The second kappa shape index (κ2) is 8.80. The number of benzene rings is 2. The normalized spacial score (nSPS) is 14.8. The molecule has 166 valence electrons. The van der Waals surface area contributed by atoms with Gasteiger partial charge in [0.25, 0.3) is 0 Å². The van der Waals surface area contributed by atoms with Crippen molar-refractivity contribution in [2.75, 3.05) is 24.4 Å². The minimum absolute atomic E-state index is 0.128. The number of fused-ring (bicyclic) bond motifs is 1. The summed E-state index contributed by atoms with van der Waals surface area (Å²) in [6.45, 7) is 0. The molecule has 0 radical (unpaired) electrons. The van der Waals surface area contributed by atoms with Crippen molar-refractivity contribution < 1.29 is 27.4 Å². The number of nitrogens with one attached hydrogen (secondary N) is 2. The van der Waals surface area contributed by atoms with Crippen LogP contribution in [-0.4, -0.2) is 41.0 Å². The maximum atomic E-state index is 14.9. The zero-order valence-electron chi connectivity index (χ0n) is 16.6. The van der Waals surface area contributed by atoms with Crippen LogP contribution in [0.1, 0.15) is 11.6 Å². The highest BCUT2D eigenvalue weighted by molar-refractivity contribution is 7.98. The van der Waals surface area contributed by atoms with Crippen molar-refractivity contribution in [3.05, 3.63) is 70.3 Å². The molecule has 0 unspecified atom stereocenters. The van der Waals surface area contributed by atoms with Crippen LogP contribution in [0.3, 0.4) is 0 Å². The number of aliphatic hydroxyl groups is 1. The molecule has 0 aliphatic rings. The minimum atomic E-state index is -5.07. The zero-order valence-corrected chi connectivity index (χ0v) is 17.4. The maximum Gasteiger partial charge on any atom is 0.420 e. The van der Waals surface area contributed by atoms with Crippen LogP contribution in [0, 0.1) is 5.82 Å². The Morgan fingerprint density at radius 2 is 1.94 bits per heavy atom. The number of thioether (sulfide) groups is 1.